The van der Waals surface area contributed by atoms with Gasteiger partial charge in [-0.2, -0.15) is 0 Å². The van der Waals surface area contributed by atoms with Crippen LogP contribution in [-0.4, -0.2) is 20.1 Å². The number of imidazole rings is 1. The Kier molecular flexibility index (Phi) is 3.37. The Bertz CT molecular complexity index is 783. The van der Waals surface area contributed by atoms with Gasteiger partial charge in [0.05, 0.1) is 14.7 Å². The number of pyridine rings is 1. The zero-order chi connectivity index (χ0) is 13.6. The molecule has 0 aliphatic carbocycles. The summed E-state index contributed by atoms with van der Waals surface area (Å²) >= 11 is 4.34. The highest BCUT2D eigenvalue weighted by atomic mass is 127. The fraction of sp³-hybridized carbons (Fsp3) is 0.0769. The summed E-state index contributed by atoms with van der Waals surface area (Å²) in [5, 5.41) is 10.2. The zero-order valence-corrected chi connectivity index (χ0v) is 14.2. The predicted octanol–water partition coefficient (Wildman–Crippen LogP) is 3.85. The van der Waals surface area contributed by atoms with Crippen molar-refractivity contribution in [3.63, 3.8) is 0 Å². The van der Waals surface area contributed by atoms with Gasteiger partial charge in [0.1, 0.15) is 11.6 Å². The van der Waals surface area contributed by atoms with E-state index in [4.69, 9.17) is 0 Å². The number of rotatable bonds is 1. The summed E-state index contributed by atoms with van der Waals surface area (Å²) in [7, 11) is 0. The van der Waals surface area contributed by atoms with E-state index in [0.717, 1.165) is 18.2 Å². The number of aryl methyl sites for hydroxylation is 1. The lowest BCUT2D eigenvalue weighted by molar-refractivity contribution is 0.473. The molecule has 2 heterocycles. The molecule has 0 fully saturated rings. The normalized spacial score (nSPS) is 11.1. The number of benzene rings is 1. The molecule has 0 saturated heterocycles. The molecular formula is C13H9I2N3O. The van der Waals surface area contributed by atoms with Gasteiger partial charge in [0, 0.05) is 9.77 Å². The summed E-state index contributed by atoms with van der Waals surface area (Å²) < 4.78 is 1.87. The molecule has 0 saturated carbocycles. The Morgan fingerprint density at radius 3 is 2.79 bits per heavy atom. The number of H-pyrrole nitrogens is 1. The molecule has 0 aliphatic rings. The number of nitrogens with zero attached hydrogens (tertiary/aromatic N) is 2. The molecule has 0 spiro atoms. The van der Waals surface area contributed by atoms with E-state index in [9.17, 15) is 5.11 Å². The Balaban J connectivity index is 2.28. The minimum Gasteiger partial charge on any atom is -0.506 e. The number of aromatic hydroxyl groups is 1. The molecule has 0 atom stereocenters. The molecule has 4 nitrogen and oxygen atoms in total. The molecule has 3 aromatic rings. The number of halogens is 2. The summed E-state index contributed by atoms with van der Waals surface area (Å²) in [4.78, 5) is 11.9. The molecular weight excluding hydrogens is 468 g/mol. The van der Waals surface area contributed by atoms with Crippen molar-refractivity contribution in [3.8, 4) is 17.1 Å². The van der Waals surface area contributed by atoms with Crippen LogP contribution >= 0.6 is 45.2 Å². The summed E-state index contributed by atoms with van der Waals surface area (Å²) in [5.41, 5.74) is 3.37. The molecule has 19 heavy (non-hydrogen) atoms. The highest BCUT2D eigenvalue weighted by Crippen LogP contribution is 2.34. The summed E-state index contributed by atoms with van der Waals surface area (Å²) in [6.07, 6.45) is 1.74. The van der Waals surface area contributed by atoms with E-state index >= 15 is 0 Å². The van der Waals surface area contributed by atoms with Crippen molar-refractivity contribution < 1.29 is 5.11 Å². The van der Waals surface area contributed by atoms with Crippen molar-refractivity contribution in [3.05, 3.63) is 37.1 Å². The van der Waals surface area contributed by atoms with Crippen LogP contribution in [-0.2, 0) is 0 Å². The van der Waals surface area contributed by atoms with E-state index in [-0.39, 0.29) is 5.75 Å². The molecule has 2 aromatic heterocycles. The maximum Gasteiger partial charge on any atom is 0.178 e. The number of fused-ring (bicyclic) bond motifs is 1. The number of hydrogen-bond acceptors (Lipinski definition) is 3. The number of nitrogens with one attached hydrogen (secondary N) is 1. The monoisotopic (exact) mass is 477 g/mol. The largest absolute Gasteiger partial charge is 0.506 e. The van der Waals surface area contributed by atoms with Crippen LogP contribution in [0.1, 0.15) is 5.56 Å². The minimum absolute atomic E-state index is 0.248. The van der Waals surface area contributed by atoms with Crippen LogP contribution in [0.4, 0.5) is 0 Å². The van der Waals surface area contributed by atoms with E-state index in [1.165, 1.54) is 0 Å². The standard InChI is InChI=1S/C13H9I2N3O/c1-6-2-3-16-13-10(6)17-12(18-13)8-4-7(14)5-9(15)11(8)19/h2-5,19H,1H3,(H,16,17,18). The average Bonchev–Trinajstić information content (AvgIpc) is 2.79. The zero-order valence-electron chi connectivity index (χ0n) is 9.91. The van der Waals surface area contributed by atoms with Gasteiger partial charge >= 0.3 is 0 Å². The summed E-state index contributed by atoms with van der Waals surface area (Å²) in [5.74, 6) is 0.892. The second-order valence-corrected chi connectivity index (χ2v) is 6.60. The highest BCUT2D eigenvalue weighted by Gasteiger charge is 2.14. The number of hydrogen-bond donors (Lipinski definition) is 2. The average molecular weight is 477 g/mol. The fourth-order valence-electron chi connectivity index (χ4n) is 1.91. The van der Waals surface area contributed by atoms with Gasteiger partial charge in [0.15, 0.2) is 5.65 Å². The maximum atomic E-state index is 10.2. The van der Waals surface area contributed by atoms with Gasteiger partial charge in [-0.15, -0.1) is 0 Å². The van der Waals surface area contributed by atoms with Crippen molar-refractivity contribution in [2.75, 3.05) is 0 Å². The summed E-state index contributed by atoms with van der Waals surface area (Å²) in [6, 6.07) is 5.76. The van der Waals surface area contributed by atoms with Crippen LogP contribution in [0.25, 0.3) is 22.6 Å². The topological polar surface area (TPSA) is 61.8 Å². The first kappa shape index (κ1) is 13.1. The first-order chi connectivity index (χ1) is 9.06. The molecule has 96 valence electrons. The lowest BCUT2D eigenvalue weighted by Crippen LogP contribution is -1.86. The van der Waals surface area contributed by atoms with Gasteiger partial charge in [-0.25, -0.2) is 9.97 Å². The van der Waals surface area contributed by atoms with Crippen molar-refractivity contribution in [1.29, 1.82) is 0 Å². The molecule has 1 aromatic carbocycles. The molecule has 2 N–H and O–H groups in total. The van der Waals surface area contributed by atoms with Crippen LogP contribution in [0.5, 0.6) is 5.75 Å². The van der Waals surface area contributed by atoms with E-state index in [1.54, 1.807) is 6.20 Å². The minimum atomic E-state index is 0.248. The Labute approximate surface area is 137 Å². The molecule has 0 unspecified atom stereocenters. The van der Waals surface area contributed by atoms with Gasteiger partial charge < -0.3 is 10.1 Å². The SMILES string of the molecule is Cc1ccnc2nc(-c3cc(I)cc(I)c3O)[nH]c12. The number of phenols is 1. The Hall–Kier alpha value is -0.900. The van der Waals surface area contributed by atoms with Crippen LogP contribution in [0.3, 0.4) is 0 Å². The van der Waals surface area contributed by atoms with Crippen LogP contribution in [0.2, 0.25) is 0 Å². The third-order valence-electron chi connectivity index (χ3n) is 2.88. The van der Waals surface area contributed by atoms with Gasteiger partial charge in [0.2, 0.25) is 0 Å². The van der Waals surface area contributed by atoms with Crippen LogP contribution in [0.15, 0.2) is 24.4 Å². The lowest BCUT2D eigenvalue weighted by atomic mass is 10.2. The highest BCUT2D eigenvalue weighted by molar-refractivity contribution is 14.1. The first-order valence-corrected chi connectivity index (χ1v) is 7.71. The molecule has 0 aliphatic heterocycles. The van der Waals surface area contributed by atoms with Crippen LogP contribution < -0.4 is 0 Å². The summed E-state index contributed by atoms with van der Waals surface area (Å²) in [6.45, 7) is 2.00. The molecule has 0 radical (unpaired) electrons. The van der Waals surface area contributed by atoms with E-state index in [1.807, 2.05) is 25.1 Å². The third-order valence-corrected chi connectivity index (χ3v) is 4.33. The Morgan fingerprint density at radius 2 is 2.05 bits per heavy atom. The quantitative estimate of drug-likeness (QED) is 0.524. The van der Waals surface area contributed by atoms with E-state index < -0.39 is 0 Å². The second-order valence-electron chi connectivity index (χ2n) is 4.20. The van der Waals surface area contributed by atoms with Crippen molar-refractivity contribution in [2.24, 2.45) is 0 Å². The molecule has 0 bridgehead atoms. The van der Waals surface area contributed by atoms with Gasteiger partial charge in [0.25, 0.3) is 0 Å². The van der Waals surface area contributed by atoms with Gasteiger partial charge in [-0.1, -0.05) is 0 Å². The Morgan fingerprint density at radius 1 is 1.26 bits per heavy atom. The predicted molar refractivity (Wildman–Crippen MR) is 91.2 cm³/mol. The maximum absolute atomic E-state index is 10.2. The molecule has 3 rings (SSSR count). The van der Waals surface area contributed by atoms with Gasteiger partial charge in [-0.05, 0) is 75.9 Å². The third kappa shape index (κ3) is 2.31. The van der Waals surface area contributed by atoms with Crippen molar-refractivity contribution in [1.82, 2.24) is 15.0 Å². The lowest BCUT2D eigenvalue weighted by Gasteiger charge is -2.04. The number of aromatic amines is 1. The van der Waals surface area contributed by atoms with Crippen molar-refractivity contribution in [2.45, 2.75) is 6.92 Å². The van der Waals surface area contributed by atoms with E-state index in [2.05, 4.69) is 60.1 Å². The fourth-order valence-corrected chi connectivity index (χ4v) is 3.75. The van der Waals surface area contributed by atoms with Crippen molar-refractivity contribution >= 4 is 56.3 Å². The second kappa shape index (κ2) is 4.89. The number of phenolic OH excluding ortho intramolecular Hbond substituents is 1. The molecule has 6 heteroatoms. The smallest absolute Gasteiger partial charge is 0.178 e. The number of aromatic nitrogens is 3. The first-order valence-electron chi connectivity index (χ1n) is 5.56. The van der Waals surface area contributed by atoms with Crippen LogP contribution in [0, 0.1) is 14.1 Å². The molecule has 0 amide bonds. The van der Waals surface area contributed by atoms with E-state index in [0.29, 0.717) is 17.0 Å². The van der Waals surface area contributed by atoms with Gasteiger partial charge in [-0.3, -0.25) is 0 Å².